The Morgan fingerprint density at radius 3 is 2.25 bits per heavy atom. The van der Waals surface area contributed by atoms with Crippen molar-refractivity contribution in [3.63, 3.8) is 0 Å². The van der Waals surface area contributed by atoms with Gasteiger partial charge in [0.05, 0.1) is 0 Å². The number of nitrogens with one attached hydrogen (secondary N) is 1. The van der Waals surface area contributed by atoms with Crippen molar-refractivity contribution in [2.24, 2.45) is 17.3 Å². The highest BCUT2D eigenvalue weighted by Gasteiger charge is 2.37. The zero-order chi connectivity index (χ0) is 11.8. The standard InChI is InChI=1S/C15H29N/c1-11-9-15(3,4)10-14(11)16-12(2)13-7-5-6-8-13/h11-14,16H,5-10H2,1-4H3/t11?,12-,14?/m0/s1. The van der Waals surface area contributed by atoms with Crippen molar-refractivity contribution in [3.05, 3.63) is 0 Å². The molecule has 2 aliphatic rings. The molecule has 2 aliphatic carbocycles. The summed E-state index contributed by atoms with van der Waals surface area (Å²) in [6.07, 6.45) is 8.59. The van der Waals surface area contributed by atoms with Gasteiger partial charge in [0.25, 0.3) is 0 Å². The molecule has 0 radical (unpaired) electrons. The van der Waals surface area contributed by atoms with E-state index in [2.05, 4.69) is 33.0 Å². The maximum absolute atomic E-state index is 3.93. The molecule has 2 rings (SSSR count). The summed E-state index contributed by atoms with van der Waals surface area (Å²) in [5, 5.41) is 3.93. The van der Waals surface area contributed by atoms with Crippen LogP contribution in [0.5, 0.6) is 0 Å². The maximum Gasteiger partial charge on any atom is 0.0101 e. The first-order valence-electron chi connectivity index (χ1n) is 7.24. The third-order valence-corrected chi connectivity index (χ3v) is 4.92. The molecule has 1 nitrogen and oxygen atoms in total. The maximum atomic E-state index is 3.93. The Hall–Kier alpha value is -0.0400. The Labute approximate surface area is 101 Å². The lowest BCUT2D eigenvalue weighted by Crippen LogP contribution is -2.41. The van der Waals surface area contributed by atoms with Crippen LogP contribution in [0.4, 0.5) is 0 Å². The predicted molar refractivity (Wildman–Crippen MR) is 70.5 cm³/mol. The highest BCUT2D eigenvalue weighted by Crippen LogP contribution is 2.41. The first-order valence-corrected chi connectivity index (χ1v) is 7.24. The van der Waals surface area contributed by atoms with E-state index in [4.69, 9.17) is 0 Å². The molecule has 0 aromatic heterocycles. The van der Waals surface area contributed by atoms with Crippen molar-refractivity contribution in [3.8, 4) is 0 Å². The van der Waals surface area contributed by atoms with Gasteiger partial charge in [0, 0.05) is 12.1 Å². The lowest BCUT2D eigenvalue weighted by molar-refractivity contribution is 0.305. The van der Waals surface area contributed by atoms with E-state index in [1.807, 2.05) is 0 Å². The molecule has 0 bridgehead atoms. The second-order valence-electron chi connectivity index (χ2n) is 7.16. The van der Waals surface area contributed by atoms with Crippen LogP contribution in [0.15, 0.2) is 0 Å². The first-order chi connectivity index (χ1) is 7.48. The summed E-state index contributed by atoms with van der Waals surface area (Å²) in [5.74, 6) is 1.81. The quantitative estimate of drug-likeness (QED) is 0.763. The number of hydrogen-bond acceptors (Lipinski definition) is 1. The summed E-state index contributed by atoms with van der Waals surface area (Å²) in [7, 11) is 0. The van der Waals surface area contributed by atoms with Crippen LogP contribution in [0.3, 0.4) is 0 Å². The molecule has 2 unspecified atom stereocenters. The lowest BCUT2D eigenvalue weighted by atomic mass is 9.91. The fraction of sp³-hybridized carbons (Fsp3) is 1.00. The van der Waals surface area contributed by atoms with E-state index in [1.165, 1.54) is 38.5 Å². The molecule has 2 saturated carbocycles. The first kappa shape index (κ1) is 12.4. The third kappa shape index (κ3) is 2.80. The van der Waals surface area contributed by atoms with Crippen LogP contribution >= 0.6 is 0 Å². The van der Waals surface area contributed by atoms with Crippen LogP contribution in [0.1, 0.15) is 66.2 Å². The molecule has 0 aliphatic heterocycles. The van der Waals surface area contributed by atoms with Crippen molar-refractivity contribution < 1.29 is 0 Å². The average Bonchev–Trinajstić information content (AvgIpc) is 2.74. The van der Waals surface area contributed by atoms with Crippen molar-refractivity contribution in [2.75, 3.05) is 0 Å². The molecule has 1 N–H and O–H groups in total. The van der Waals surface area contributed by atoms with Crippen molar-refractivity contribution in [1.82, 2.24) is 5.32 Å². The van der Waals surface area contributed by atoms with E-state index in [-0.39, 0.29) is 0 Å². The van der Waals surface area contributed by atoms with Crippen molar-refractivity contribution >= 4 is 0 Å². The van der Waals surface area contributed by atoms with Gasteiger partial charge in [-0.2, -0.15) is 0 Å². The van der Waals surface area contributed by atoms with Gasteiger partial charge >= 0.3 is 0 Å². The van der Waals surface area contributed by atoms with Gasteiger partial charge < -0.3 is 5.32 Å². The average molecular weight is 223 g/mol. The zero-order valence-electron chi connectivity index (χ0n) is 11.6. The summed E-state index contributed by atoms with van der Waals surface area (Å²) in [4.78, 5) is 0. The Kier molecular flexibility index (Phi) is 3.63. The van der Waals surface area contributed by atoms with E-state index in [1.54, 1.807) is 0 Å². The molecule has 1 heteroatoms. The minimum absolute atomic E-state index is 0.562. The van der Waals surface area contributed by atoms with Gasteiger partial charge in [-0.1, -0.05) is 33.6 Å². The Morgan fingerprint density at radius 1 is 1.12 bits per heavy atom. The Morgan fingerprint density at radius 2 is 1.75 bits per heavy atom. The van der Waals surface area contributed by atoms with Crippen LogP contribution in [0, 0.1) is 17.3 Å². The van der Waals surface area contributed by atoms with E-state index < -0.39 is 0 Å². The molecule has 94 valence electrons. The highest BCUT2D eigenvalue weighted by atomic mass is 15.0. The largest absolute Gasteiger partial charge is 0.311 e. The van der Waals surface area contributed by atoms with Crippen LogP contribution < -0.4 is 5.32 Å². The molecule has 3 atom stereocenters. The van der Waals surface area contributed by atoms with Crippen molar-refractivity contribution in [2.45, 2.75) is 78.3 Å². The highest BCUT2D eigenvalue weighted by molar-refractivity contribution is 4.93. The lowest BCUT2D eigenvalue weighted by Gasteiger charge is -2.27. The van der Waals surface area contributed by atoms with Crippen LogP contribution in [0.2, 0.25) is 0 Å². The summed E-state index contributed by atoms with van der Waals surface area (Å²) in [6.45, 7) is 9.68. The number of rotatable bonds is 3. The molecule has 2 fully saturated rings. The molecular formula is C15H29N. The minimum Gasteiger partial charge on any atom is -0.311 e. The van der Waals surface area contributed by atoms with Crippen LogP contribution in [0.25, 0.3) is 0 Å². The second-order valence-corrected chi connectivity index (χ2v) is 7.16. The summed E-state index contributed by atoms with van der Waals surface area (Å²) in [6, 6.07) is 1.51. The molecule has 0 spiro atoms. The van der Waals surface area contributed by atoms with Crippen LogP contribution in [-0.2, 0) is 0 Å². The fourth-order valence-corrected chi connectivity index (χ4v) is 4.05. The second kappa shape index (κ2) is 4.68. The van der Waals surface area contributed by atoms with Gasteiger partial charge in [-0.05, 0) is 49.9 Å². The molecule has 0 saturated heterocycles. The molecule has 0 aromatic rings. The fourth-order valence-electron chi connectivity index (χ4n) is 4.05. The molecule has 0 heterocycles. The Balaban J connectivity index is 1.85. The van der Waals surface area contributed by atoms with E-state index >= 15 is 0 Å². The van der Waals surface area contributed by atoms with Gasteiger partial charge in [-0.25, -0.2) is 0 Å². The zero-order valence-corrected chi connectivity index (χ0v) is 11.6. The van der Waals surface area contributed by atoms with Crippen molar-refractivity contribution in [1.29, 1.82) is 0 Å². The Bertz CT molecular complexity index is 228. The number of hydrogen-bond donors (Lipinski definition) is 1. The summed E-state index contributed by atoms with van der Waals surface area (Å²) >= 11 is 0. The molecule has 16 heavy (non-hydrogen) atoms. The molecular weight excluding hydrogens is 194 g/mol. The van der Waals surface area contributed by atoms with Crippen LogP contribution in [-0.4, -0.2) is 12.1 Å². The normalized spacial score (nSPS) is 36.8. The predicted octanol–water partition coefficient (Wildman–Crippen LogP) is 3.98. The third-order valence-electron chi connectivity index (χ3n) is 4.92. The van der Waals surface area contributed by atoms with Gasteiger partial charge in [0.2, 0.25) is 0 Å². The molecule has 0 amide bonds. The van der Waals surface area contributed by atoms with Gasteiger partial charge in [0.1, 0.15) is 0 Å². The summed E-state index contributed by atoms with van der Waals surface area (Å²) < 4.78 is 0. The molecule has 0 aromatic carbocycles. The SMILES string of the molecule is CC1CC(C)(C)CC1N[C@@H](C)C1CCCC1. The smallest absolute Gasteiger partial charge is 0.0101 e. The van der Waals surface area contributed by atoms with Gasteiger partial charge in [-0.15, -0.1) is 0 Å². The topological polar surface area (TPSA) is 12.0 Å². The monoisotopic (exact) mass is 223 g/mol. The van der Waals surface area contributed by atoms with Gasteiger partial charge in [0.15, 0.2) is 0 Å². The minimum atomic E-state index is 0.562. The van der Waals surface area contributed by atoms with E-state index in [9.17, 15) is 0 Å². The summed E-state index contributed by atoms with van der Waals surface area (Å²) in [5.41, 5.74) is 0.562. The van der Waals surface area contributed by atoms with E-state index in [0.29, 0.717) is 5.41 Å². The van der Waals surface area contributed by atoms with Gasteiger partial charge in [-0.3, -0.25) is 0 Å². The van der Waals surface area contributed by atoms with E-state index in [0.717, 1.165) is 23.9 Å².